The Morgan fingerprint density at radius 2 is 2.00 bits per heavy atom. The van der Waals surface area contributed by atoms with Crippen LogP contribution in [-0.2, 0) is 0 Å². The molecule has 0 aromatic heterocycles. The van der Waals surface area contributed by atoms with Crippen LogP contribution >= 0.6 is 24.0 Å². The number of hydrogen-bond acceptors (Lipinski definition) is 3. The van der Waals surface area contributed by atoms with Crippen molar-refractivity contribution in [3.63, 3.8) is 0 Å². The molecule has 2 nitrogen and oxygen atoms in total. The lowest BCUT2D eigenvalue weighted by Crippen LogP contribution is -2.29. The molecule has 1 aliphatic carbocycles. The zero-order valence-corrected chi connectivity index (χ0v) is 14.1. The molecule has 2 N–H and O–H groups in total. The predicted octanol–water partition coefficient (Wildman–Crippen LogP) is 4.39. The van der Waals surface area contributed by atoms with Gasteiger partial charge in [-0.15, -0.1) is 11.8 Å². The van der Waals surface area contributed by atoms with Crippen LogP contribution < -0.4 is 10.5 Å². The second kappa shape index (κ2) is 6.35. The number of benzene rings is 1. The Kier molecular flexibility index (Phi) is 4.97. The summed E-state index contributed by atoms with van der Waals surface area (Å²) < 4.78 is 6.20. The molecule has 1 aromatic rings. The number of rotatable bonds is 4. The highest BCUT2D eigenvalue weighted by Gasteiger charge is 2.28. The average Bonchev–Trinajstić information content (AvgIpc) is 2.40. The summed E-state index contributed by atoms with van der Waals surface area (Å²) in [6.07, 6.45) is 6.95. The summed E-state index contributed by atoms with van der Waals surface area (Å²) in [5.41, 5.74) is 7.22. The van der Waals surface area contributed by atoms with Gasteiger partial charge < -0.3 is 10.5 Å². The van der Waals surface area contributed by atoms with Gasteiger partial charge in [0.15, 0.2) is 0 Å². The van der Waals surface area contributed by atoms with E-state index < -0.39 is 0 Å². The Balaban J connectivity index is 2.16. The highest BCUT2D eigenvalue weighted by Crippen LogP contribution is 2.38. The number of thioether (sulfide) groups is 1. The average molecular weight is 309 g/mol. The molecule has 0 amide bonds. The van der Waals surface area contributed by atoms with Gasteiger partial charge in [0, 0.05) is 4.90 Å². The van der Waals surface area contributed by atoms with Crippen molar-refractivity contribution in [1.82, 2.24) is 0 Å². The third-order valence-electron chi connectivity index (χ3n) is 4.03. The van der Waals surface area contributed by atoms with E-state index >= 15 is 0 Å². The van der Waals surface area contributed by atoms with E-state index in [4.69, 9.17) is 22.7 Å². The number of ether oxygens (including phenoxy) is 1. The predicted molar refractivity (Wildman–Crippen MR) is 90.8 cm³/mol. The van der Waals surface area contributed by atoms with E-state index in [0.29, 0.717) is 10.4 Å². The molecule has 0 radical (unpaired) electrons. The van der Waals surface area contributed by atoms with E-state index in [2.05, 4.69) is 13.8 Å². The third-order valence-corrected chi connectivity index (χ3v) is 5.02. The molecule has 0 aliphatic heterocycles. The fourth-order valence-electron chi connectivity index (χ4n) is 2.69. The molecule has 0 saturated heterocycles. The highest BCUT2D eigenvalue weighted by atomic mass is 32.2. The van der Waals surface area contributed by atoms with Crippen LogP contribution in [0.15, 0.2) is 23.1 Å². The zero-order chi connectivity index (χ0) is 14.8. The van der Waals surface area contributed by atoms with E-state index in [1.165, 1.54) is 12.8 Å². The van der Waals surface area contributed by atoms with E-state index in [1.807, 2.05) is 24.5 Å². The van der Waals surface area contributed by atoms with Gasteiger partial charge in [-0.05, 0) is 49.5 Å². The van der Waals surface area contributed by atoms with Crippen LogP contribution in [0, 0.1) is 5.41 Å². The lowest BCUT2D eigenvalue weighted by atomic mass is 9.76. The summed E-state index contributed by atoms with van der Waals surface area (Å²) in [5.74, 6) is 0.842. The molecule has 0 bridgehead atoms. The summed E-state index contributed by atoms with van der Waals surface area (Å²) in [4.78, 5) is 1.51. The van der Waals surface area contributed by atoms with Crippen molar-refractivity contribution in [3.8, 4) is 5.75 Å². The second-order valence-corrected chi connectivity index (χ2v) is 7.47. The summed E-state index contributed by atoms with van der Waals surface area (Å²) >= 11 is 6.84. The standard InChI is InChI=1S/C16H23NOS2/c1-16(2)9-7-11(8-10-16)18-12-5-4-6-13(20-3)14(12)15(17)19/h4-6,11H,7-10H2,1-3H3,(H2,17,19). The van der Waals surface area contributed by atoms with Gasteiger partial charge >= 0.3 is 0 Å². The van der Waals surface area contributed by atoms with Gasteiger partial charge in [0.2, 0.25) is 0 Å². The minimum atomic E-state index is 0.285. The Morgan fingerprint density at radius 3 is 2.55 bits per heavy atom. The first-order valence-electron chi connectivity index (χ1n) is 7.06. The molecule has 4 heteroatoms. The van der Waals surface area contributed by atoms with Gasteiger partial charge in [0.05, 0.1) is 11.7 Å². The topological polar surface area (TPSA) is 35.2 Å². The minimum Gasteiger partial charge on any atom is -0.490 e. The van der Waals surface area contributed by atoms with Crippen LogP contribution in [-0.4, -0.2) is 17.3 Å². The van der Waals surface area contributed by atoms with E-state index in [9.17, 15) is 0 Å². The van der Waals surface area contributed by atoms with Gasteiger partial charge in [-0.1, -0.05) is 32.1 Å². The van der Waals surface area contributed by atoms with Gasteiger partial charge in [0.25, 0.3) is 0 Å². The van der Waals surface area contributed by atoms with Crippen molar-refractivity contribution in [3.05, 3.63) is 23.8 Å². The van der Waals surface area contributed by atoms with Gasteiger partial charge in [-0.3, -0.25) is 0 Å². The monoisotopic (exact) mass is 309 g/mol. The molecule has 0 heterocycles. The van der Waals surface area contributed by atoms with Crippen molar-refractivity contribution < 1.29 is 4.74 Å². The van der Waals surface area contributed by atoms with Crippen LogP contribution in [0.1, 0.15) is 45.1 Å². The number of hydrogen-bond donors (Lipinski definition) is 1. The maximum absolute atomic E-state index is 6.20. The molecule has 1 fully saturated rings. The Hall–Kier alpha value is -0.740. The van der Waals surface area contributed by atoms with Crippen LogP contribution in [0.3, 0.4) is 0 Å². The van der Waals surface area contributed by atoms with Crippen molar-refractivity contribution in [2.45, 2.75) is 50.5 Å². The molecule has 110 valence electrons. The van der Waals surface area contributed by atoms with Gasteiger partial charge in [0.1, 0.15) is 10.7 Å². The molecular formula is C16H23NOS2. The van der Waals surface area contributed by atoms with Crippen molar-refractivity contribution in [2.75, 3.05) is 6.26 Å². The Bertz CT molecular complexity index is 489. The number of nitrogens with two attached hydrogens (primary N) is 1. The summed E-state index contributed by atoms with van der Waals surface area (Å²) in [6.45, 7) is 4.66. The molecule has 0 atom stereocenters. The molecular weight excluding hydrogens is 286 g/mol. The SMILES string of the molecule is CSc1cccc(OC2CCC(C)(C)CC2)c1C(N)=S. The normalized spacial score (nSPS) is 18.8. The van der Waals surface area contributed by atoms with Crippen LogP contribution in [0.4, 0.5) is 0 Å². The first kappa shape index (κ1) is 15.6. The van der Waals surface area contributed by atoms with Crippen molar-refractivity contribution >= 4 is 29.0 Å². The van der Waals surface area contributed by atoms with E-state index in [-0.39, 0.29) is 6.10 Å². The summed E-state index contributed by atoms with van der Waals surface area (Å²) in [7, 11) is 0. The summed E-state index contributed by atoms with van der Waals surface area (Å²) in [6, 6.07) is 6.03. The smallest absolute Gasteiger partial charge is 0.131 e. The van der Waals surface area contributed by atoms with E-state index in [1.54, 1.807) is 11.8 Å². The number of thiocarbonyl (C=S) groups is 1. The van der Waals surface area contributed by atoms with Crippen molar-refractivity contribution in [1.29, 1.82) is 0 Å². The van der Waals surface area contributed by atoms with Crippen LogP contribution in [0.5, 0.6) is 5.75 Å². The first-order chi connectivity index (χ1) is 9.43. The maximum Gasteiger partial charge on any atom is 0.131 e. The zero-order valence-electron chi connectivity index (χ0n) is 12.4. The minimum absolute atomic E-state index is 0.285. The fraction of sp³-hybridized carbons (Fsp3) is 0.562. The lowest BCUT2D eigenvalue weighted by molar-refractivity contribution is 0.0984. The quantitative estimate of drug-likeness (QED) is 0.661. The third kappa shape index (κ3) is 3.67. The second-order valence-electron chi connectivity index (χ2n) is 6.18. The highest BCUT2D eigenvalue weighted by molar-refractivity contribution is 7.98. The molecule has 1 aliphatic rings. The van der Waals surface area contributed by atoms with E-state index in [0.717, 1.165) is 29.1 Å². The lowest BCUT2D eigenvalue weighted by Gasteiger charge is -2.34. The largest absolute Gasteiger partial charge is 0.490 e. The fourth-order valence-corrected chi connectivity index (χ4v) is 3.60. The molecule has 0 spiro atoms. The van der Waals surface area contributed by atoms with Crippen molar-refractivity contribution in [2.24, 2.45) is 11.1 Å². The molecule has 1 aromatic carbocycles. The maximum atomic E-state index is 6.20. The Labute approximate surface area is 131 Å². The summed E-state index contributed by atoms with van der Waals surface area (Å²) in [5, 5.41) is 0. The van der Waals surface area contributed by atoms with Gasteiger partial charge in [-0.25, -0.2) is 0 Å². The van der Waals surface area contributed by atoms with Gasteiger partial charge in [-0.2, -0.15) is 0 Å². The Morgan fingerprint density at radius 1 is 1.35 bits per heavy atom. The molecule has 2 rings (SSSR count). The first-order valence-corrected chi connectivity index (χ1v) is 8.70. The molecule has 20 heavy (non-hydrogen) atoms. The molecule has 1 saturated carbocycles. The van der Waals surface area contributed by atoms with Crippen LogP contribution in [0.25, 0.3) is 0 Å². The molecule has 0 unspecified atom stereocenters. The van der Waals surface area contributed by atoms with Crippen LogP contribution in [0.2, 0.25) is 0 Å².